The molecule has 0 fully saturated rings. The van der Waals surface area contributed by atoms with E-state index in [-0.39, 0.29) is 49.5 Å². The summed E-state index contributed by atoms with van der Waals surface area (Å²) in [7, 11) is 5.34. The van der Waals surface area contributed by atoms with Gasteiger partial charge in [0.2, 0.25) is 0 Å². The molecular weight excluding hydrogens is 739 g/mol. The average Bonchev–Trinajstić information content (AvgIpc) is 3.19. The van der Waals surface area contributed by atoms with E-state index in [4.69, 9.17) is 14.2 Å². The van der Waals surface area contributed by atoms with Gasteiger partial charge in [-0.05, 0) is 64.2 Å². The van der Waals surface area contributed by atoms with Crippen molar-refractivity contribution in [2.45, 2.75) is 116 Å². The number of rotatable bonds is 35. The van der Waals surface area contributed by atoms with Crippen LogP contribution in [-0.2, 0) is 28.6 Å². The summed E-state index contributed by atoms with van der Waals surface area (Å²) in [6.07, 6.45) is 58.8. The summed E-state index contributed by atoms with van der Waals surface area (Å²) in [5.74, 6) is -1.93. The predicted molar refractivity (Wildman–Crippen MR) is 244 cm³/mol. The van der Waals surface area contributed by atoms with Crippen molar-refractivity contribution in [3.8, 4) is 0 Å². The molecular formula is C51H75NO7. The molecule has 0 aromatic carbocycles. The molecule has 8 heteroatoms. The van der Waals surface area contributed by atoms with Gasteiger partial charge in [0.05, 0.1) is 40.3 Å². The van der Waals surface area contributed by atoms with Crippen LogP contribution in [0.4, 0.5) is 0 Å². The molecule has 0 aromatic rings. The Hall–Kier alpha value is -4.79. The van der Waals surface area contributed by atoms with E-state index in [1.807, 2.05) is 85.1 Å². The zero-order valence-corrected chi connectivity index (χ0v) is 36.8. The number of carboxylic acid groups (broad SMARTS) is 1. The monoisotopic (exact) mass is 814 g/mol. The Balaban J connectivity index is 4.63. The standard InChI is InChI=1S/C51H75NO7/c1-6-8-10-12-14-16-18-20-22-24-25-26-28-30-32-34-36-38-40-42-50(54)59-47(45-57-44-43-48(51(55)56)52(3,4)5)46-58-49(53)41-39-37-35-33-31-29-27-23-21-19-17-15-13-11-9-7-2/h8-12,14-18,20-26,28-32,35,37,47-48H,6-7,13,19,27,33-34,36,38-46H2,1-5H3/b10-8+,11-9+,14-12+,17-15+,18-16+,22-20+,23-21+,25-24+,28-26+,31-29+,32-30+,37-35+. The molecule has 2 unspecified atom stereocenters. The second kappa shape index (κ2) is 40.0. The molecule has 0 rings (SSSR count). The van der Waals surface area contributed by atoms with Crippen LogP contribution in [0.5, 0.6) is 0 Å². The van der Waals surface area contributed by atoms with Gasteiger partial charge in [0.15, 0.2) is 6.10 Å². The van der Waals surface area contributed by atoms with Crippen LogP contribution in [-0.4, -0.2) is 75.5 Å². The van der Waals surface area contributed by atoms with Crippen molar-refractivity contribution in [3.63, 3.8) is 0 Å². The van der Waals surface area contributed by atoms with Crippen LogP contribution in [0.3, 0.4) is 0 Å². The molecule has 0 saturated carbocycles. The molecule has 0 aliphatic carbocycles. The third-order valence-corrected chi connectivity index (χ3v) is 8.43. The van der Waals surface area contributed by atoms with Crippen molar-refractivity contribution in [3.05, 3.63) is 146 Å². The Labute approximate surface area is 357 Å². The lowest BCUT2D eigenvalue weighted by molar-refractivity contribution is -0.889. The maximum absolute atomic E-state index is 12.7. The molecule has 326 valence electrons. The van der Waals surface area contributed by atoms with E-state index in [0.29, 0.717) is 12.8 Å². The number of aliphatic carboxylic acids is 1. The molecule has 8 nitrogen and oxygen atoms in total. The summed E-state index contributed by atoms with van der Waals surface area (Å²) in [5.41, 5.74) is 0. The number of carboxylic acids is 1. The van der Waals surface area contributed by atoms with E-state index >= 15 is 0 Å². The van der Waals surface area contributed by atoms with Crippen molar-refractivity contribution in [1.29, 1.82) is 0 Å². The lowest BCUT2D eigenvalue weighted by Crippen LogP contribution is -2.55. The second-order valence-electron chi connectivity index (χ2n) is 14.6. The summed E-state index contributed by atoms with van der Waals surface area (Å²) < 4.78 is 17.0. The normalized spacial score (nSPS) is 14.4. The highest BCUT2D eigenvalue weighted by atomic mass is 16.6. The van der Waals surface area contributed by atoms with Crippen LogP contribution in [0.25, 0.3) is 0 Å². The van der Waals surface area contributed by atoms with E-state index in [1.54, 1.807) is 21.1 Å². The van der Waals surface area contributed by atoms with Gasteiger partial charge in [0.25, 0.3) is 0 Å². The van der Waals surface area contributed by atoms with Gasteiger partial charge < -0.3 is 28.6 Å². The highest BCUT2D eigenvalue weighted by molar-refractivity contribution is 5.70. The average molecular weight is 814 g/mol. The van der Waals surface area contributed by atoms with Crippen molar-refractivity contribution in [2.75, 3.05) is 41.0 Å². The van der Waals surface area contributed by atoms with Gasteiger partial charge in [-0.25, -0.2) is 0 Å². The smallest absolute Gasteiger partial charge is 0.306 e. The highest BCUT2D eigenvalue weighted by Crippen LogP contribution is 2.10. The largest absolute Gasteiger partial charge is 0.544 e. The summed E-state index contributed by atoms with van der Waals surface area (Å²) in [6, 6.07) is -0.756. The molecule has 0 heterocycles. The third-order valence-electron chi connectivity index (χ3n) is 8.43. The Bertz CT molecular complexity index is 1460. The number of carbonyl (C=O) groups excluding carboxylic acids is 3. The summed E-state index contributed by atoms with van der Waals surface area (Å²) in [4.78, 5) is 36.8. The number of unbranched alkanes of at least 4 members (excludes halogenated alkanes) is 3. The Morgan fingerprint density at radius 1 is 0.525 bits per heavy atom. The number of ether oxygens (including phenoxy) is 3. The number of hydrogen-bond donors (Lipinski definition) is 0. The van der Waals surface area contributed by atoms with Crippen LogP contribution in [0.15, 0.2) is 146 Å². The molecule has 2 atom stereocenters. The van der Waals surface area contributed by atoms with Gasteiger partial charge in [-0.3, -0.25) is 9.59 Å². The van der Waals surface area contributed by atoms with E-state index in [1.165, 1.54) is 0 Å². The quantitative estimate of drug-likeness (QED) is 0.0206. The molecule has 0 amide bonds. The molecule has 0 saturated heterocycles. The number of nitrogens with zero attached hydrogens (tertiary/aromatic N) is 1. The van der Waals surface area contributed by atoms with E-state index in [9.17, 15) is 19.5 Å². The van der Waals surface area contributed by atoms with Crippen LogP contribution in [0.2, 0.25) is 0 Å². The van der Waals surface area contributed by atoms with Crippen LogP contribution >= 0.6 is 0 Å². The Morgan fingerprint density at radius 3 is 1.53 bits per heavy atom. The third kappa shape index (κ3) is 38.5. The topological polar surface area (TPSA) is 102 Å². The lowest BCUT2D eigenvalue weighted by atomic mass is 10.1. The number of esters is 2. The number of quaternary nitrogens is 1. The van der Waals surface area contributed by atoms with Crippen molar-refractivity contribution >= 4 is 17.9 Å². The van der Waals surface area contributed by atoms with Crippen molar-refractivity contribution in [1.82, 2.24) is 0 Å². The minimum Gasteiger partial charge on any atom is -0.544 e. The van der Waals surface area contributed by atoms with Crippen molar-refractivity contribution in [2.24, 2.45) is 0 Å². The zero-order valence-electron chi connectivity index (χ0n) is 36.8. The van der Waals surface area contributed by atoms with E-state index in [2.05, 4.69) is 74.6 Å². The fourth-order valence-electron chi connectivity index (χ4n) is 5.16. The fraction of sp³-hybridized carbons (Fsp3) is 0.471. The van der Waals surface area contributed by atoms with Crippen LogP contribution < -0.4 is 5.11 Å². The predicted octanol–water partition coefficient (Wildman–Crippen LogP) is 10.5. The van der Waals surface area contributed by atoms with Gasteiger partial charge >= 0.3 is 11.9 Å². The maximum Gasteiger partial charge on any atom is 0.306 e. The SMILES string of the molecule is CC/C=C/C=C/C=C/C=C/C=C/C=C/C=C/CCCCCC(=O)OC(COCCC(C(=O)[O-])[N+](C)(C)C)COC(=O)CC/C=C/C/C=C/C/C=C/C/C=C/C/C=C/CC. The van der Waals surface area contributed by atoms with Gasteiger partial charge in [-0.2, -0.15) is 0 Å². The molecule has 0 radical (unpaired) electrons. The summed E-state index contributed by atoms with van der Waals surface area (Å²) in [5, 5.41) is 11.6. The first kappa shape index (κ1) is 54.2. The molecule has 0 N–H and O–H groups in total. The molecule has 0 aliphatic rings. The summed E-state index contributed by atoms with van der Waals surface area (Å²) >= 11 is 0. The number of allylic oxidation sites excluding steroid dienone is 24. The molecule has 0 spiro atoms. The minimum absolute atomic E-state index is 0.0136. The number of likely N-dealkylation sites (N-methyl/N-ethyl adjacent to an activating group) is 1. The van der Waals surface area contributed by atoms with Gasteiger partial charge in [0, 0.05) is 19.3 Å². The first-order chi connectivity index (χ1) is 28.6. The van der Waals surface area contributed by atoms with Crippen LogP contribution in [0, 0.1) is 0 Å². The highest BCUT2D eigenvalue weighted by Gasteiger charge is 2.25. The Kier molecular flexibility index (Phi) is 36.8. The molecule has 0 bridgehead atoms. The minimum atomic E-state index is -1.15. The Morgan fingerprint density at radius 2 is 1.02 bits per heavy atom. The van der Waals surface area contributed by atoms with Crippen LogP contribution in [0.1, 0.15) is 104 Å². The summed E-state index contributed by atoms with van der Waals surface area (Å²) in [6.45, 7) is 4.22. The fourth-order valence-corrected chi connectivity index (χ4v) is 5.16. The first-order valence-corrected chi connectivity index (χ1v) is 21.5. The van der Waals surface area contributed by atoms with Gasteiger partial charge in [0.1, 0.15) is 12.6 Å². The van der Waals surface area contributed by atoms with Crippen molar-refractivity contribution < 1.29 is 38.2 Å². The van der Waals surface area contributed by atoms with Gasteiger partial charge in [-0.15, -0.1) is 0 Å². The zero-order chi connectivity index (χ0) is 43.5. The first-order valence-electron chi connectivity index (χ1n) is 21.5. The number of hydrogen-bond acceptors (Lipinski definition) is 7. The lowest BCUT2D eigenvalue weighted by Gasteiger charge is -2.34. The van der Waals surface area contributed by atoms with E-state index in [0.717, 1.165) is 57.8 Å². The van der Waals surface area contributed by atoms with Gasteiger partial charge in [-0.1, -0.05) is 166 Å². The molecule has 0 aromatic heterocycles. The molecule has 59 heavy (non-hydrogen) atoms. The maximum atomic E-state index is 12.7. The second-order valence-corrected chi connectivity index (χ2v) is 14.6. The number of carbonyl (C=O) groups is 3. The van der Waals surface area contributed by atoms with E-state index < -0.39 is 24.1 Å². The molecule has 0 aliphatic heterocycles.